The van der Waals surface area contributed by atoms with Gasteiger partial charge in [-0.1, -0.05) is 18.2 Å². The number of ether oxygens (including phenoxy) is 2. The van der Waals surface area contributed by atoms with Crippen molar-refractivity contribution in [1.82, 2.24) is 25.8 Å². The number of carbonyl (C=O) groups is 3. The Kier molecular flexibility index (Phi) is 9.63. The normalized spacial score (nSPS) is 29.6. The molecule has 6 rings (SSSR count). The van der Waals surface area contributed by atoms with Gasteiger partial charge in [-0.2, -0.15) is 0 Å². The van der Waals surface area contributed by atoms with E-state index in [9.17, 15) is 23.2 Å². The maximum absolute atomic E-state index is 14.6. The molecule has 0 spiro atoms. The molecule has 0 radical (unpaired) electrons. The second-order valence-electron chi connectivity index (χ2n) is 13.4. The van der Waals surface area contributed by atoms with Crippen molar-refractivity contribution < 1.29 is 32.6 Å². The van der Waals surface area contributed by atoms with Gasteiger partial charge in [0.05, 0.1) is 24.8 Å². The maximum Gasteiger partial charge on any atom is 0.248 e. The van der Waals surface area contributed by atoms with Crippen LogP contribution in [0, 0.1) is 11.8 Å². The van der Waals surface area contributed by atoms with Gasteiger partial charge in [-0.05, 0) is 64.0 Å². The summed E-state index contributed by atoms with van der Waals surface area (Å²) in [6.07, 6.45) is 2.80. The lowest BCUT2D eigenvalue weighted by atomic mass is 9.81. The summed E-state index contributed by atoms with van der Waals surface area (Å²) in [6, 6.07) is 5.12. The number of benzene rings is 1. The van der Waals surface area contributed by atoms with E-state index in [0.29, 0.717) is 39.3 Å². The molecule has 5 aliphatic rings. The van der Waals surface area contributed by atoms with E-state index in [1.165, 1.54) is 0 Å². The minimum Gasteiger partial charge on any atom is -0.493 e. The Morgan fingerprint density at radius 3 is 2.47 bits per heavy atom. The molecule has 6 atom stereocenters. The molecule has 3 aliphatic heterocycles. The Balaban J connectivity index is 1.26. The molecule has 12 heteroatoms. The highest BCUT2D eigenvalue weighted by molar-refractivity contribution is 5.94. The van der Waals surface area contributed by atoms with Crippen LogP contribution in [0.3, 0.4) is 0 Å². The molecule has 0 aromatic heterocycles. The van der Waals surface area contributed by atoms with Crippen molar-refractivity contribution in [2.24, 2.45) is 11.8 Å². The number of piperazine rings is 1. The van der Waals surface area contributed by atoms with Crippen molar-refractivity contribution in [3.63, 3.8) is 0 Å². The molecule has 1 aromatic carbocycles. The predicted octanol–water partition coefficient (Wildman–Crippen LogP) is 2.62. The van der Waals surface area contributed by atoms with Crippen molar-refractivity contribution in [2.45, 2.75) is 101 Å². The number of hydrogen-bond acceptors (Lipinski definition) is 7. The van der Waals surface area contributed by atoms with Crippen molar-refractivity contribution >= 4 is 17.7 Å². The van der Waals surface area contributed by atoms with Crippen molar-refractivity contribution in [2.75, 3.05) is 39.9 Å². The van der Waals surface area contributed by atoms with E-state index in [0.717, 1.165) is 30.6 Å². The quantitative estimate of drug-likeness (QED) is 0.364. The van der Waals surface area contributed by atoms with Crippen molar-refractivity contribution in [1.29, 1.82) is 0 Å². The fraction of sp³-hybridized carbons (Fsp3) is 0.727. The lowest BCUT2D eigenvalue weighted by Gasteiger charge is -2.45. The molecular weight excluding hydrogens is 584 g/mol. The van der Waals surface area contributed by atoms with Gasteiger partial charge in [0.25, 0.3) is 0 Å². The molecule has 3 heterocycles. The molecule has 4 fully saturated rings. The number of alkyl halides is 2. The van der Waals surface area contributed by atoms with Crippen LogP contribution in [0.5, 0.6) is 5.75 Å². The number of rotatable bonds is 10. The Hall–Kier alpha value is -2.83. The van der Waals surface area contributed by atoms with Crippen LogP contribution in [0.2, 0.25) is 0 Å². The third-order valence-electron chi connectivity index (χ3n) is 10.4. The third-order valence-corrected chi connectivity index (χ3v) is 10.4. The van der Waals surface area contributed by atoms with Gasteiger partial charge in [0, 0.05) is 57.1 Å². The number of likely N-dealkylation sites (N-methyl/N-ethyl adjacent to an activating group) is 1. The number of hydrogen-bond donors (Lipinski definition) is 3. The SMILES string of the molecule is CCOC1C[C@@H]2CN(C(=O)[C@@H](NC(=O)[C@@H](NC)C3CC3)C3CCC(F)(F)CC3)C(C(=O)N[C@@H]3CCOc4ccccc43)CN2C1. The van der Waals surface area contributed by atoms with Gasteiger partial charge in [0.1, 0.15) is 17.8 Å². The predicted molar refractivity (Wildman–Crippen MR) is 163 cm³/mol. The van der Waals surface area contributed by atoms with Crippen LogP contribution in [-0.2, 0) is 19.1 Å². The van der Waals surface area contributed by atoms with E-state index < -0.39 is 30.0 Å². The summed E-state index contributed by atoms with van der Waals surface area (Å²) < 4.78 is 40.2. The first-order valence-corrected chi connectivity index (χ1v) is 16.7. The smallest absolute Gasteiger partial charge is 0.248 e. The van der Waals surface area contributed by atoms with Crippen LogP contribution in [-0.4, -0.2) is 104 Å². The standard InChI is InChI=1S/C33H47F2N5O5/c1-3-44-23-16-22-17-40(26(19-39(22)18-23)30(41)37-25-12-15-45-27-7-5-4-6-24(25)27)32(43)29(21-10-13-33(34,35)14-11-21)38-31(42)28(36-2)20-8-9-20/h4-7,20-23,25-26,28-29,36H,3,8-19H2,1-2H3,(H,37,41)(H,38,42)/t22-,23?,25-,26?,28+,29+/m1/s1. The summed E-state index contributed by atoms with van der Waals surface area (Å²) in [5.41, 5.74) is 0.896. The van der Waals surface area contributed by atoms with E-state index in [2.05, 4.69) is 20.9 Å². The Morgan fingerprint density at radius 1 is 1.02 bits per heavy atom. The number of para-hydroxylation sites is 1. The molecule has 2 aliphatic carbocycles. The van der Waals surface area contributed by atoms with Crippen molar-refractivity contribution in [3.8, 4) is 5.75 Å². The number of fused-ring (bicyclic) bond motifs is 2. The van der Waals surface area contributed by atoms with Gasteiger partial charge in [0.2, 0.25) is 23.6 Å². The molecular formula is C33H47F2N5O5. The molecule has 3 N–H and O–H groups in total. The summed E-state index contributed by atoms with van der Waals surface area (Å²) in [7, 11) is 1.73. The largest absolute Gasteiger partial charge is 0.493 e. The minimum absolute atomic E-state index is 0.00178. The van der Waals surface area contributed by atoms with E-state index in [1.807, 2.05) is 31.2 Å². The summed E-state index contributed by atoms with van der Waals surface area (Å²) in [4.78, 5) is 46.1. The molecule has 10 nitrogen and oxygen atoms in total. The Bertz CT molecular complexity index is 1240. The number of nitrogens with zero attached hydrogens (tertiary/aromatic N) is 2. The third kappa shape index (κ3) is 7.12. The summed E-state index contributed by atoms with van der Waals surface area (Å²) in [5, 5.41) is 9.28. The summed E-state index contributed by atoms with van der Waals surface area (Å²) >= 11 is 0. The van der Waals surface area contributed by atoms with Crippen LogP contribution in [0.15, 0.2) is 24.3 Å². The molecule has 45 heavy (non-hydrogen) atoms. The zero-order chi connectivity index (χ0) is 31.7. The first-order valence-electron chi connectivity index (χ1n) is 16.7. The zero-order valence-electron chi connectivity index (χ0n) is 26.3. The second kappa shape index (κ2) is 13.5. The molecule has 0 bridgehead atoms. The molecule has 248 valence electrons. The van der Waals surface area contributed by atoms with Crippen LogP contribution in [0.1, 0.15) is 69.9 Å². The van der Waals surface area contributed by atoms with Gasteiger partial charge in [0.15, 0.2) is 0 Å². The first-order chi connectivity index (χ1) is 21.7. The van der Waals surface area contributed by atoms with Gasteiger partial charge < -0.3 is 30.3 Å². The number of amides is 3. The van der Waals surface area contributed by atoms with Gasteiger partial charge in [-0.3, -0.25) is 19.3 Å². The average Bonchev–Trinajstić information content (AvgIpc) is 3.78. The molecule has 3 amide bonds. The number of halogens is 2. The van der Waals surface area contributed by atoms with Gasteiger partial charge in [-0.25, -0.2) is 8.78 Å². The van der Waals surface area contributed by atoms with E-state index in [-0.39, 0.29) is 67.5 Å². The van der Waals surface area contributed by atoms with Crippen LogP contribution in [0.25, 0.3) is 0 Å². The first kappa shape index (κ1) is 32.1. The average molecular weight is 632 g/mol. The zero-order valence-corrected chi connectivity index (χ0v) is 26.3. The van der Waals surface area contributed by atoms with E-state index >= 15 is 0 Å². The summed E-state index contributed by atoms with van der Waals surface area (Å²) in [6.45, 7) is 4.31. The fourth-order valence-corrected chi connectivity index (χ4v) is 7.82. The second-order valence-corrected chi connectivity index (χ2v) is 13.4. The maximum atomic E-state index is 14.6. The van der Waals surface area contributed by atoms with Crippen molar-refractivity contribution in [3.05, 3.63) is 29.8 Å². The highest BCUT2D eigenvalue weighted by Gasteiger charge is 2.49. The Morgan fingerprint density at radius 2 is 1.76 bits per heavy atom. The van der Waals surface area contributed by atoms with Gasteiger partial charge in [-0.15, -0.1) is 0 Å². The Labute approximate surface area is 263 Å². The lowest BCUT2D eigenvalue weighted by molar-refractivity contribution is -0.150. The summed E-state index contributed by atoms with van der Waals surface area (Å²) in [5.74, 6) is -3.21. The molecule has 2 unspecified atom stereocenters. The van der Waals surface area contributed by atoms with Crippen LogP contribution in [0.4, 0.5) is 8.78 Å². The fourth-order valence-electron chi connectivity index (χ4n) is 7.82. The monoisotopic (exact) mass is 631 g/mol. The molecule has 1 aromatic rings. The van der Waals surface area contributed by atoms with Gasteiger partial charge >= 0.3 is 0 Å². The van der Waals surface area contributed by atoms with Crippen LogP contribution < -0.4 is 20.7 Å². The number of nitrogens with one attached hydrogen (secondary N) is 3. The van der Waals surface area contributed by atoms with Crippen LogP contribution >= 0.6 is 0 Å². The topological polar surface area (TPSA) is 112 Å². The lowest BCUT2D eigenvalue weighted by Crippen LogP contribution is -2.67. The number of carbonyl (C=O) groups excluding carboxylic acids is 3. The van der Waals surface area contributed by atoms with E-state index in [4.69, 9.17) is 9.47 Å². The molecule has 2 saturated heterocycles. The highest BCUT2D eigenvalue weighted by Crippen LogP contribution is 2.39. The minimum atomic E-state index is -2.78. The van der Waals surface area contributed by atoms with E-state index in [1.54, 1.807) is 11.9 Å². The highest BCUT2D eigenvalue weighted by atomic mass is 19.3. The molecule has 2 saturated carbocycles.